The van der Waals surface area contributed by atoms with Crippen LogP contribution in [0.4, 0.5) is 8.78 Å². The van der Waals surface area contributed by atoms with E-state index in [9.17, 15) is 13.9 Å². The summed E-state index contributed by atoms with van der Waals surface area (Å²) in [5.41, 5.74) is -0.123. The summed E-state index contributed by atoms with van der Waals surface area (Å²) in [7, 11) is 1.71. The number of aliphatic hydroxyl groups is 1. The predicted molar refractivity (Wildman–Crippen MR) is 56.1 cm³/mol. The summed E-state index contributed by atoms with van der Waals surface area (Å²) in [5.74, 6) is 0. The molecule has 0 aromatic carbocycles. The Bertz CT molecular complexity index is 181. The normalized spacial score (nSPS) is 21.2. The number of alkyl halides is 2. The van der Waals surface area contributed by atoms with Crippen molar-refractivity contribution < 1.29 is 13.9 Å². The van der Waals surface area contributed by atoms with Gasteiger partial charge in [0.25, 0.3) is 6.43 Å². The fourth-order valence-electron chi connectivity index (χ4n) is 2.54. The van der Waals surface area contributed by atoms with Crippen LogP contribution in [0.25, 0.3) is 0 Å². The van der Waals surface area contributed by atoms with Crippen molar-refractivity contribution in [1.82, 2.24) is 4.90 Å². The first-order chi connectivity index (χ1) is 7.08. The first-order valence-corrected chi connectivity index (χ1v) is 5.65. The lowest BCUT2D eigenvalue weighted by Gasteiger charge is -2.38. The molecular formula is C11H21F2NO. The first-order valence-electron chi connectivity index (χ1n) is 5.65. The van der Waals surface area contributed by atoms with Crippen molar-refractivity contribution in [2.45, 2.75) is 38.5 Å². The molecule has 1 N–H and O–H groups in total. The van der Waals surface area contributed by atoms with Gasteiger partial charge in [-0.3, -0.25) is 0 Å². The standard InChI is InChI=1S/C11H21F2NO/c1-14(7-10(12)13)8-11(9-15)5-3-2-4-6-11/h10,15H,2-9H2,1H3. The summed E-state index contributed by atoms with van der Waals surface area (Å²) in [4.78, 5) is 1.65. The molecule has 0 radical (unpaired) electrons. The van der Waals surface area contributed by atoms with E-state index in [-0.39, 0.29) is 18.6 Å². The first kappa shape index (κ1) is 12.8. The van der Waals surface area contributed by atoms with Gasteiger partial charge in [-0.25, -0.2) is 8.78 Å². The molecule has 1 fully saturated rings. The summed E-state index contributed by atoms with van der Waals surface area (Å²) in [5, 5.41) is 9.41. The summed E-state index contributed by atoms with van der Waals surface area (Å²) in [6.45, 7) is 0.524. The molecule has 0 heterocycles. The van der Waals surface area contributed by atoms with Gasteiger partial charge in [0.1, 0.15) is 0 Å². The Morgan fingerprint density at radius 2 is 1.87 bits per heavy atom. The number of nitrogens with zero attached hydrogens (tertiary/aromatic N) is 1. The van der Waals surface area contributed by atoms with Crippen molar-refractivity contribution in [2.75, 3.05) is 26.7 Å². The second kappa shape index (κ2) is 5.75. The van der Waals surface area contributed by atoms with Crippen LogP contribution in [0.15, 0.2) is 0 Å². The van der Waals surface area contributed by atoms with Crippen LogP contribution in [0.2, 0.25) is 0 Å². The van der Waals surface area contributed by atoms with Gasteiger partial charge in [-0.1, -0.05) is 19.3 Å². The Labute approximate surface area is 90.3 Å². The van der Waals surface area contributed by atoms with Crippen molar-refractivity contribution in [3.05, 3.63) is 0 Å². The van der Waals surface area contributed by atoms with E-state index < -0.39 is 6.43 Å². The van der Waals surface area contributed by atoms with E-state index in [0.29, 0.717) is 6.54 Å². The van der Waals surface area contributed by atoms with Gasteiger partial charge < -0.3 is 10.0 Å². The molecule has 90 valence electrons. The summed E-state index contributed by atoms with van der Waals surface area (Å²) < 4.78 is 24.3. The Balaban J connectivity index is 2.43. The lowest BCUT2D eigenvalue weighted by atomic mass is 9.74. The third-order valence-electron chi connectivity index (χ3n) is 3.30. The number of aliphatic hydroxyl groups excluding tert-OH is 1. The third kappa shape index (κ3) is 4.03. The SMILES string of the molecule is CN(CC(F)F)CC1(CO)CCCCC1. The van der Waals surface area contributed by atoms with Gasteiger partial charge in [0, 0.05) is 18.6 Å². The minimum Gasteiger partial charge on any atom is -0.396 e. The van der Waals surface area contributed by atoms with Crippen molar-refractivity contribution in [1.29, 1.82) is 0 Å². The fraction of sp³-hybridized carbons (Fsp3) is 1.00. The maximum Gasteiger partial charge on any atom is 0.251 e. The molecule has 1 saturated carbocycles. The van der Waals surface area contributed by atoms with Crippen LogP contribution >= 0.6 is 0 Å². The average Bonchev–Trinajstić information content (AvgIpc) is 2.17. The lowest BCUT2D eigenvalue weighted by Crippen LogP contribution is -2.41. The lowest BCUT2D eigenvalue weighted by molar-refractivity contribution is 0.0254. The molecule has 0 saturated heterocycles. The highest BCUT2D eigenvalue weighted by Crippen LogP contribution is 2.36. The Morgan fingerprint density at radius 3 is 2.33 bits per heavy atom. The molecule has 1 aliphatic rings. The molecule has 0 aromatic rings. The van der Waals surface area contributed by atoms with Crippen molar-refractivity contribution in [2.24, 2.45) is 5.41 Å². The minimum atomic E-state index is -2.28. The molecule has 4 heteroatoms. The van der Waals surface area contributed by atoms with E-state index in [2.05, 4.69) is 0 Å². The van der Waals surface area contributed by atoms with Gasteiger partial charge in [0.05, 0.1) is 6.54 Å². The van der Waals surface area contributed by atoms with E-state index in [1.54, 1.807) is 11.9 Å². The van der Waals surface area contributed by atoms with Crippen LogP contribution in [0.1, 0.15) is 32.1 Å². The van der Waals surface area contributed by atoms with E-state index >= 15 is 0 Å². The fourth-order valence-corrected chi connectivity index (χ4v) is 2.54. The van der Waals surface area contributed by atoms with Crippen LogP contribution < -0.4 is 0 Å². The molecular weight excluding hydrogens is 200 g/mol. The minimum absolute atomic E-state index is 0.123. The Morgan fingerprint density at radius 1 is 1.27 bits per heavy atom. The summed E-state index contributed by atoms with van der Waals surface area (Å²) >= 11 is 0. The second-order valence-corrected chi connectivity index (χ2v) is 4.81. The molecule has 1 aliphatic carbocycles. The van der Waals surface area contributed by atoms with Crippen LogP contribution in [0.3, 0.4) is 0 Å². The molecule has 0 aliphatic heterocycles. The Kier molecular flexibility index (Phi) is 4.93. The van der Waals surface area contributed by atoms with Crippen LogP contribution in [0, 0.1) is 5.41 Å². The average molecular weight is 221 g/mol. The Hall–Kier alpha value is -0.220. The number of halogens is 2. The number of hydrogen-bond donors (Lipinski definition) is 1. The highest BCUT2D eigenvalue weighted by atomic mass is 19.3. The second-order valence-electron chi connectivity index (χ2n) is 4.81. The quantitative estimate of drug-likeness (QED) is 0.768. The van der Waals surface area contributed by atoms with Crippen LogP contribution in [0.5, 0.6) is 0 Å². The van der Waals surface area contributed by atoms with Gasteiger partial charge in [0.15, 0.2) is 0 Å². The zero-order chi connectivity index (χ0) is 11.3. The molecule has 1 rings (SSSR count). The van der Waals surface area contributed by atoms with E-state index in [4.69, 9.17) is 0 Å². The zero-order valence-electron chi connectivity index (χ0n) is 9.38. The summed E-state index contributed by atoms with van der Waals surface area (Å²) in [6.07, 6.45) is 3.09. The third-order valence-corrected chi connectivity index (χ3v) is 3.30. The number of rotatable bonds is 5. The molecule has 0 bridgehead atoms. The topological polar surface area (TPSA) is 23.5 Å². The predicted octanol–water partition coefficient (Wildman–Crippen LogP) is 2.13. The van der Waals surface area contributed by atoms with E-state index in [0.717, 1.165) is 25.7 Å². The molecule has 0 atom stereocenters. The monoisotopic (exact) mass is 221 g/mol. The maximum absolute atomic E-state index is 12.2. The summed E-state index contributed by atoms with van der Waals surface area (Å²) in [6, 6.07) is 0. The largest absolute Gasteiger partial charge is 0.396 e. The van der Waals surface area contributed by atoms with Crippen LogP contribution in [-0.2, 0) is 0 Å². The highest BCUT2D eigenvalue weighted by molar-refractivity contribution is 4.84. The van der Waals surface area contributed by atoms with Gasteiger partial charge in [0.2, 0.25) is 0 Å². The van der Waals surface area contributed by atoms with E-state index in [1.165, 1.54) is 6.42 Å². The zero-order valence-corrected chi connectivity index (χ0v) is 9.38. The van der Waals surface area contributed by atoms with Gasteiger partial charge >= 0.3 is 0 Å². The van der Waals surface area contributed by atoms with Crippen molar-refractivity contribution >= 4 is 0 Å². The maximum atomic E-state index is 12.2. The molecule has 2 nitrogen and oxygen atoms in total. The number of hydrogen-bond acceptors (Lipinski definition) is 2. The van der Waals surface area contributed by atoms with Crippen molar-refractivity contribution in [3.8, 4) is 0 Å². The molecule has 0 amide bonds. The van der Waals surface area contributed by atoms with Gasteiger partial charge in [-0.05, 0) is 19.9 Å². The molecule has 0 aromatic heterocycles. The highest BCUT2D eigenvalue weighted by Gasteiger charge is 2.32. The van der Waals surface area contributed by atoms with Gasteiger partial charge in [-0.15, -0.1) is 0 Å². The van der Waals surface area contributed by atoms with E-state index in [1.807, 2.05) is 0 Å². The smallest absolute Gasteiger partial charge is 0.251 e. The molecule has 0 spiro atoms. The molecule has 0 unspecified atom stereocenters. The van der Waals surface area contributed by atoms with Crippen molar-refractivity contribution in [3.63, 3.8) is 0 Å². The molecule has 15 heavy (non-hydrogen) atoms. The van der Waals surface area contributed by atoms with Gasteiger partial charge in [-0.2, -0.15) is 0 Å². The van der Waals surface area contributed by atoms with Crippen LogP contribution in [-0.4, -0.2) is 43.2 Å².